The van der Waals surface area contributed by atoms with Gasteiger partial charge in [0, 0.05) is 23.3 Å². The van der Waals surface area contributed by atoms with Gasteiger partial charge >= 0.3 is 11.8 Å². The standard InChI is InChI=1S/C24H29BrN4O5/c1-16(2)33-11-5-10-26-23(31)24(32)29-27-14-18-6-4-7-20(13-18)34-15-22(30)28-21-9-8-19(25)12-17(21)3/h4,6-9,12-14,16H,5,10-11,15H2,1-3H3,(H,26,31)(H,28,30)(H,29,32)/b27-14-. The summed E-state index contributed by atoms with van der Waals surface area (Å²) >= 11 is 3.39. The van der Waals surface area contributed by atoms with Crippen molar-refractivity contribution < 1.29 is 23.9 Å². The topological polar surface area (TPSA) is 118 Å². The molecule has 182 valence electrons. The second-order valence-corrected chi connectivity index (χ2v) is 8.51. The van der Waals surface area contributed by atoms with Crippen LogP contribution in [0.5, 0.6) is 5.75 Å². The van der Waals surface area contributed by atoms with Gasteiger partial charge in [-0.3, -0.25) is 14.4 Å². The molecule has 2 aromatic rings. The van der Waals surface area contributed by atoms with Crippen molar-refractivity contribution in [3.05, 3.63) is 58.1 Å². The minimum atomic E-state index is -0.867. The highest BCUT2D eigenvalue weighted by Gasteiger charge is 2.11. The summed E-state index contributed by atoms with van der Waals surface area (Å²) in [6.45, 7) is 6.41. The number of ether oxygens (including phenoxy) is 2. The van der Waals surface area contributed by atoms with Crippen LogP contribution in [0.4, 0.5) is 5.69 Å². The van der Waals surface area contributed by atoms with Crippen LogP contribution in [-0.2, 0) is 19.1 Å². The number of nitrogens with one attached hydrogen (secondary N) is 3. The Hall–Kier alpha value is -3.24. The predicted octanol–water partition coefficient (Wildman–Crippen LogP) is 3.16. The van der Waals surface area contributed by atoms with E-state index in [1.54, 1.807) is 24.3 Å². The summed E-state index contributed by atoms with van der Waals surface area (Å²) in [5.41, 5.74) is 4.43. The molecule has 0 saturated carbocycles. The maximum Gasteiger partial charge on any atom is 0.329 e. The molecule has 0 unspecified atom stereocenters. The molecule has 0 radical (unpaired) electrons. The van der Waals surface area contributed by atoms with Crippen molar-refractivity contribution in [1.29, 1.82) is 0 Å². The number of hydrogen-bond acceptors (Lipinski definition) is 6. The molecule has 0 aliphatic heterocycles. The molecule has 0 aliphatic carbocycles. The molecule has 34 heavy (non-hydrogen) atoms. The summed E-state index contributed by atoms with van der Waals surface area (Å²) in [6, 6.07) is 12.4. The molecule has 0 saturated heterocycles. The first-order valence-corrected chi connectivity index (χ1v) is 11.6. The molecule has 10 heteroatoms. The molecule has 2 aromatic carbocycles. The third-order valence-corrected chi connectivity index (χ3v) is 4.83. The first-order valence-electron chi connectivity index (χ1n) is 10.8. The van der Waals surface area contributed by atoms with Crippen LogP contribution in [0, 0.1) is 6.92 Å². The van der Waals surface area contributed by atoms with Crippen LogP contribution in [0.15, 0.2) is 52.0 Å². The number of amides is 3. The fourth-order valence-corrected chi connectivity index (χ4v) is 3.15. The fraction of sp³-hybridized carbons (Fsp3) is 0.333. The van der Waals surface area contributed by atoms with E-state index in [0.29, 0.717) is 36.6 Å². The number of benzene rings is 2. The van der Waals surface area contributed by atoms with Gasteiger partial charge in [0.25, 0.3) is 5.91 Å². The molecule has 0 spiro atoms. The van der Waals surface area contributed by atoms with Crippen LogP contribution in [-0.4, -0.2) is 49.8 Å². The van der Waals surface area contributed by atoms with Gasteiger partial charge in [0.2, 0.25) is 0 Å². The lowest BCUT2D eigenvalue weighted by molar-refractivity contribution is -0.139. The van der Waals surface area contributed by atoms with Crippen molar-refractivity contribution in [3.8, 4) is 5.75 Å². The number of rotatable bonds is 11. The lowest BCUT2D eigenvalue weighted by Gasteiger charge is -2.10. The summed E-state index contributed by atoms with van der Waals surface area (Å²) in [4.78, 5) is 35.8. The van der Waals surface area contributed by atoms with E-state index in [1.807, 2.05) is 39.0 Å². The van der Waals surface area contributed by atoms with Crippen LogP contribution in [0.1, 0.15) is 31.4 Å². The molecule has 3 N–H and O–H groups in total. The van der Waals surface area contributed by atoms with E-state index in [0.717, 1.165) is 10.0 Å². The van der Waals surface area contributed by atoms with Crippen molar-refractivity contribution in [1.82, 2.24) is 10.7 Å². The average Bonchev–Trinajstić information content (AvgIpc) is 2.79. The largest absolute Gasteiger partial charge is 0.484 e. The molecule has 3 amide bonds. The van der Waals surface area contributed by atoms with E-state index in [4.69, 9.17) is 9.47 Å². The van der Waals surface area contributed by atoms with Gasteiger partial charge in [0.15, 0.2) is 6.61 Å². The molecular formula is C24H29BrN4O5. The van der Waals surface area contributed by atoms with E-state index >= 15 is 0 Å². The number of aryl methyl sites for hydroxylation is 1. The third-order valence-electron chi connectivity index (χ3n) is 4.33. The Morgan fingerprint density at radius 2 is 1.91 bits per heavy atom. The van der Waals surface area contributed by atoms with Gasteiger partial charge in [-0.1, -0.05) is 28.1 Å². The molecule has 0 heterocycles. The average molecular weight is 533 g/mol. The molecule has 0 aromatic heterocycles. The minimum Gasteiger partial charge on any atom is -0.484 e. The molecule has 0 fully saturated rings. The van der Waals surface area contributed by atoms with Crippen molar-refractivity contribution in [2.24, 2.45) is 5.10 Å². The van der Waals surface area contributed by atoms with E-state index in [-0.39, 0.29) is 18.6 Å². The van der Waals surface area contributed by atoms with E-state index in [9.17, 15) is 14.4 Å². The van der Waals surface area contributed by atoms with Crippen LogP contribution in [0.25, 0.3) is 0 Å². The molecule has 2 rings (SSSR count). The number of nitrogens with zero attached hydrogens (tertiary/aromatic N) is 1. The summed E-state index contributed by atoms with van der Waals surface area (Å²) < 4.78 is 11.8. The Morgan fingerprint density at radius 3 is 2.65 bits per heavy atom. The molecule has 9 nitrogen and oxygen atoms in total. The molecular weight excluding hydrogens is 504 g/mol. The summed E-state index contributed by atoms with van der Waals surface area (Å²) in [7, 11) is 0. The van der Waals surface area contributed by atoms with Crippen LogP contribution in [0.3, 0.4) is 0 Å². The fourth-order valence-electron chi connectivity index (χ4n) is 2.68. The number of hydrazone groups is 1. The van der Waals surface area contributed by atoms with Crippen LogP contribution < -0.4 is 20.8 Å². The summed E-state index contributed by atoms with van der Waals surface area (Å²) in [6.07, 6.45) is 2.10. The second-order valence-electron chi connectivity index (χ2n) is 7.60. The summed E-state index contributed by atoms with van der Waals surface area (Å²) in [5.74, 6) is -1.48. The zero-order valence-corrected chi connectivity index (χ0v) is 21.0. The van der Waals surface area contributed by atoms with Crippen LogP contribution in [0.2, 0.25) is 0 Å². The van der Waals surface area contributed by atoms with Crippen molar-refractivity contribution in [2.45, 2.75) is 33.3 Å². The van der Waals surface area contributed by atoms with Gasteiger partial charge in [-0.15, -0.1) is 0 Å². The first-order chi connectivity index (χ1) is 16.2. The molecule has 0 atom stereocenters. The number of anilines is 1. The Morgan fingerprint density at radius 1 is 1.12 bits per heavy atom. The van der Waals surface area contributed by atoms with Gasteiger partial charge in [0.05, 0.1) is 12.3 Å². The number of halogens is 1. The van der Waals surface area contributed by atoms with Gasteiger partial charge in [-0.2, -0.15) is 5.10 Å². The Labute approximate surface area is 207 Å². The Bertz CT molecular complexity index is 1030. The van der Waals surface area contributed by atoms with E-state index in [2.05, 4.69) is 37.1 Å². The number of carbonyl (C=O) groups excluding carboxylic acids is 3. The highest BCUT2D eigenvalue weighted by molar-refractivity contribution is 9.10. The Kier molecular flexibility index (Phi) is 11.2. The zero-order chi connectivity index (χ0) is 24.9. The van der Waals surface area contributed by atoms with Crippen molar-refractivity contribution >= 4 is 45.6 Å². The smallest absolute Gasteiger partial charge is 0.329 e. The third kappa shape index (κ3) is 10.1. The van der Waals surface area contributed by atoms with Gasteiger partial charge in [0.1, 0.15) is 5.75 Å². The number of hydrogen-bond donors (Lipinski definition) is 3. The predicted molar refractivity (Wildman–Crippen MR) is 134 cm³/mol. The zero-order valence-electron chi connectivity index (χ0n) is 19.4. The SMILES string of the molecule is Cc1cc(Br)ccc1NC(=O)COc1cccc(/C=N\NC(=O)C(=O)NCCCOC(C)C)c1. The minimum absolute atomic E-state index is 0.121. The first kappa shape index (κ1) is 27.0. The monoisotopic (exact) mass is 532 g/mol. The normalized spacial score (nSPS) is 10.9. The van der Waals surface area contributed by atoms with E-state index < -0.39 is 11.8 Å². The lowest BCUT2D eigenvalue weighted by atomic mass is 10.2. The molecule has 0 bridgehead atoms. The molecule has 0 aliphatic rings. The highest BCUT2D eigenvalue weighted by Crippen LogP contribution is 2.20. The maximum atomic E-state index is 12.2. The van der Waals surface area contributed by atoms with Crippen LogP contribution >= 0.6 is 15.9 Å². The van der Waals surface area contributed by atoms with Gasteiger partial charge < -0.3 is 20.1 Å². The lowest BCUT2D eigenvalue weighted by Crippen LogP contribution is -2.38. The Balaban J connectivity index is 1.76. The second kappa shape index (κ2) is 14.1. The quantitative estimate of drug-likeness (QED) is 0.178. The van der Waals surface area contributed by atoms with E-state index in [1.165, 1.54) is 6.21 Å². The van der Waals surface area contributed by atoms with Crippen molar-refractivity contribution in [2.75, 3.05) is 25.1 Å². The number of carbonyl (C=O) groups is 3. The summed E-state index contributed by atoms with van der Waals surface area (Å²) in [5, 5.41) is 9.09. The highest BCUT2D eigenvalue weighted by atomic mass is 79.9. The van der Waals surface area contributed by atoms with Gasteiger partial charge in [-0.05, 0) is 68.7 Å². The van der Waals surface area contributed by atoms with Gasteiger partial charge in [-0.25, -0.2) is 5.43 Å². The maximum absolute atomic E-state index is 12.2. The van der Waals surface area contributed by atoms with Crippen molar-refractivity contribution in [3.63, 3.8) is 0 Å².